The van der Waals surface area contributed by atoms with Crippen molar-refractivity contribution in [2.24, 2.45) is 23.7 Å². The minimum absolute atomic E-state index is 0.0780. The Morgan fingerprint density at radius 1 is 1.15 bits per heavy atom. The molecule has 0 radical (unpaired) electrons. The van der Waals surface area contributed by atoms with Crippen LogP contribution < -0.4 is 5.32 Å². The van der Waals surface area contributed by atoms with Crippen molar-refractivity contribution in [1.29, 1.82) is 0 Å². The molecule has 1 aliphatic carbocycles. The predicted molar refractivity (Wildman–Crippen MR) is 108 cm³/mol. The number of amides is 1. The lowest BCUT2D eigenvalue weighted by molar-refractivity contribution is -0.136. The maximum Gasteiger partial charge on any atom is 0.224 e. The lowest BCUT2D eigenvalue weighted by atomic mass is 9.74. The highest BCUT2D eigenvalue weighted by Gasteiger charge is 2.39. The van der Waals surface area contributed by atoms with Crippen LogP contribution in [0.4, 0.5) is 0 Å². The van der Waals surface area contributed by atoms with E-state index in [0.717, 1.165) is 31.2 Å². The second-order valence-electron chi connectivity index (χ2n) is 8.49. The molecule has 27 heavy (non-hydrogen) atoms. The number of Topliss-reactive ketones (excluding diaryl/α,β-unsaturated/α-hetero) is 1. The van der Waals surface area contributed by atoms with Crippen LogP contribution in [0.1, 0.15) is 58.4 Å². The molecule has 4 nitrogen and oxygen atoms in total. The first-order chi connectivity index (χ1) is 12.9. The third-order valence-electron chi connectivity index (χ3n) is 5.76. The van der Waals surface area contributed by atoms with Crippen molar-refractivity contribution >= 4 is 11.7 Å². The van der Waals surface area contributed by atoms with Crippen LogP contribution in [-0.4, -0.2) is 29.4 Å². The lowest BCUT2D eigenvalue weighted by Crippen LogP contribution is -2.46. The average Bonchev–Trinajstić information content (AvgIpc) is 3.14. The molecule has 0 bridgehead atoms. The highest BCUT2D eigenvalue weighted by atomic mass is 16.3. The summed E-state index contributed by atoms with van der Waals surface area (Å²) >= 11 is 0. The van der Waals surface area contributed by atoms with Crippen molar-refractivity contribution in [3.05, 3.63) is 35.9 Å². The zero-order valence-electron chi connectivity index (χ0n) is 17.0. The SMILES string of the molecule is CC(=O)C(C1CCCC1)C(CC(C)C)C(=O)NC(CO)Cc1ccccc1. The van der Waals surface area contributed by atoms with Crippen LogP contribution in [0.15, 0.2) is 30.3 Å². The molecule has 0 aromatic heterocycles. The molecule has 0 saturated heterocycles. The molecule has 0 heterocycles. The van der Waals surface area contributed by atoms with Gasteiger partial charge in [0.05, 0.1) is 12.6 Å². The summed E-state index contributed by atoms with van der Waals surface area (Å²) in [4.78, 5) is 25.6. The predicted octanol–water partition coefficient (Wildman–Crippen LogP) is 3.76. The Hall–Kier alpha value is -1.68. The van der Waals surface area contributed by atoms with Gasteiger partial charge in [-0.15, -0.1) is 0 Å². The molecule has 0 aliphatic heterocycles. The van der Waals surface area contributed by atoms with Crippen molar-refractivity contribution in [3.63, 3.8) is 0 Å². The van der Waals surface area contributed by atoms with Gasteiger partial charge in [0.25, 0.3) is 0 Å². The lowest BCUT2D eigenvalue weighted by Gasteiger charge is -2.31. The van der Waals surface area contributed by atoms with Crippen molar-refractivity contribution in [2.45, 2.75) is 65.3 Å². The molecule has 150 valence electrons. The second-order valence-corrected chi connectivity index (χ2v) is 8.49. The Balaban J connectivity index is 2.13. The summed E-state index contributed by atoms with van der Waals surface area (Å²) in [5, 5.41) is 12.8. The molecule has 3 unspecified atom stereocenters. The van der Waals surface area contributed by atoms with Crippen LogP contribution in [0.2, 0.25) is 0 Å². The van der Waals surface area contributed by atoms with E-state index in [1.54, 1.807) is 6.92 Å². The number of nitrogens with one attached hydrogen (secondary N) is 1. The number of aliphatic hydroxyl groups excluding tert-OH is 1. The van der Waals surface area contributed by atoms with Crippen LogP contribution in [0.25, 0.3) is 0 Å². The molecule has 2 N–H and O–H groups in total. The molecular weight excluding hydrogens is 338 g/mol. The number of benzene rings is 1. The van der Waals surface area contributed by atoms with Gasteiger partial charge < -0.3 is 10.4 Å². The van der Waals surface area contributed by atoms with Crippen molar-refractivity contribution < 1.29 is 14.7 Å². The van der Waals surface area contributed by atoms with E-state index in [0.29, 0.717) is 24.7 Å². The summed E-state index contributed by atoms with van der Waals surface area (Å²) in [6.07, 6.45) is 5.68. The number of aliphatic hydroxyl groups is 1. The minimum Gasteiger partial charge on any atom is -0.394 e. The quantitative estimate of drug-likeness (QED) is 0.656. The van der Waals surface area contributed by atoms with E-state index in [1.165, 1.54) is 0 Å². The third-order valence-corrected chi connectivity index (χ3v) is 5.76. The number of carbonyl (C=O) groups excluding carboxylic acids is 2. The largest absolute Gasteiger partial charge is 0.394 e. The van der Waals surface area contributed by atoms with Gasteiger partial charge in [-0.1, -0.05) is 57.0 Å². The molecule has 1 saturated carbocycles. The van der Waals surface area contributed by atoms with E-state index in [1.807, 2.05) is 30.3 Å². The first kappa shape index (κ1) is 21.6. The smallest absolute Gasteiger partial charge is 0.224 e. The number of ketones is 1. The van der Waals surface area contributed by atoms with Gasteiger partial charge in [-0.2, -0.15) is 0 Å². The molecule has 1 aromatic carbocycles. The molecule has 3 atom stereocenters. The Kier molecular flexibility index (Phi) is 8.49. The summed E-state index contributed by atoms with van der Waals surface area (Å²) in [7, 11) is 0. The number of rotatable bonds is 10. The maximum atomic E-state index is 13.2. The first-order valence-corrected chi connectivity index (χ1v) is 10.4. The standard InChI is InChI=1S/C23H35NO3/c1-16(2)13-21(22(17(3)26)19-11-7-8-12-19)23(27)24-20(15-25)14-18-9-5-4-6-10-18/h4-6,9-10,16,19-22,25H,7-8,11-15H2,1-3H3,(H,24,27). The fraction of sp³-hybridized carbons (Fsp3) is 0.652. The Morgan fingerprint density at radius 3 is 2.30 bits per heavy atom. The molecule has 1 fully saturated rings. The summed E-state index contributed by atoms with van der Waals surface area (Å²) in [5.41, 5.74) is 1.08. The molecular formula is C23H35NO3. The monoisotopic (exact) mass is 373 g/mol. The molecule has 4 heteroatoms. The summed E-state index contributed by atoms with van der Waals surface area (Å²) in [6.45, 7) is 5.72. The van der Waals surface area contributed by atoms with E-state index in [9.17, 15) is 14.7 Å². The zero-order chi connectivity index (χ0) is 19.8. The van der Waals surface area contributed by atoms with Gasteiger partial charge in [0.2, 0.25) is 5.91 Å². The van der Waals surface area contributed by atoms with Gasteiger partial charge >= 0.3 is 0 Å². The van der Waals surface area contributed by atoms with Gasteiger partial charge in [-0.05, 0) is 50.0 Å². The van der Waals surface area contributed by atoms with Gasteiger partial charge in [-0.3, -0.25) is 9.59 Å². The molecule has 1 aromatic rings. The summed E-state index contributed by atoms with van der Waals surface area (Å²) in [5.74, 6) is 0.197. The van der Waals surface area contributed by atoms with E-state index in [2.05, 4.69) is 19.2 Å². The van der Waals surface area contributed by atoms with Gasteiger partial charge in [0.15, 0.2) is 0 Å². The van der Waals surface area contributed by atoms with Crippen molar-refractivity contribution in [1.82, 2.24) is 5.32 Å². The van der Waals surface area contributed by atoms with Crippen LogP contribution in [0.3, 0.4) is 0 Å². The number of hydrogen-bond donors (Lipinski definition) is 2. The molecule has 1 amide bonds. The minimum atomic E-state index is -0.328. The Bertz CT molecular complexity index is 593. The third kappa shape index (κ3) is 6.46. The van der Waals surface area contributed by atoms with Gasteiger partial charge in [-0.25, -0.2) is 0 Å². The Labute approximate surface area is 163 Å². The highest BCUT2D eigenvalue weighted by molar-refractivity contribution is 5.88. The van der Waals surface area contributed by atoms with E-state index in [4.69, 9.17) is 0 Å². The van der Waals surface area contributed by atoms with Gasteiger partial charge in [0.1, 0.15) is 5.78 Å². The highest BCUT2D eigenvalue weighted by Crippen LogP contribution is 2.38. The first-order valence-electron chi connectivity index (χ1n) is 10.4. The number of carbonyl (C=O) groups is 2. The Morgan fingerprint density at radius 2 is 1.78 bits per heavy atom. The summed E-state index contributed by atoms with van der Waals surface area (Å²) < 4.78 is 0. The molecule has 0 spiro atoms. The van der Waals surface area contributed by atoms with E-state index < -0.39 is 0 Å². The van der Waals surface area contributed by atoms with Gasteiger partial charge in [0, 0.05) is 11.8 Å². The van der Waals surface area contributed by atoms with Crippen molar-refractivity contribution in [3.8, 4) is 0 Å². The van der Waals surface area contributed by atoms with Crippen molar-refractivity contribution in [2.75, 3.05) is 6.61 Å². The van der Waals surface area contributed by atoms with Crippen LogP contribution >= 0.6 is 0 Å². The topological polar surface area (TPSA) is 66.4 Å². The normalized spacial score (nSPS) is 18.3. The fourth-order valence-corrected chi connectivity index (χ4v) is 4.55. The van der Waals surface area contributed by atoms with Crippen LogP contribution in [0, 0.1) is 23.7 Å². The molecule has 2 rings (SSSR count). The van der Waals surface area contributed by atoms with Crippen LogP contribution in [0.5, 0.6) is 0 Å². The van der Waals surface area contributed by atoms with E-state index >= 15 is 0 Å². The fourth-order valence-electron chi connectivity index (χ4n) is 4.55. The second kappa shape index (κ2) is 10.6. The van der Waals surface area contributed by atoms with E-state index in [-0.39, 0.29) is 36.2 Å². The number of hydrogen-bond acceptors (Lipinski definition) is 3. The zero-order valence-corrected chi connectivity index (χ0v) is 17.0. The molecule has 1 aliphatic rings. The summed E-state index contributed by atoms with van der Waals surface area (Å²) in [6, 6.07) is 9.53. The average molecular weight is 374 g/mol. The maximum absolute atomic E-state index is 13.2. The van der Waals surface area contributed by atoms with Crippen LogP contribution in [-0.2, 0) is 16.0 Å².